The summed E-state index contributed by atoms with van der Waals surface area (Å²) < 4.78 is 5.84. The maximum absolute atomic E-state index is 5.84. The number of nitrogens with one attached hydrogen (secondary N) is 1. The van der Waals surface area contributed by atoms with Gasteiger partial charge in [-0.3, -0.25) is 0 Å². The second kappa shape index (κ2) is 4.58. The summed E-state index contributed by atoms with van der Waals surface area (Å²) in [6.45, 7) is 1.97. The minimum absolute atomic E-state index is 0.595. The number of para-hydroxylation sites is 1. The molecule has 21 heavy (non-hydrogen) atoms. The Morgan fingerprint density at radius 1 is 1.19 bits per heavy atom. The van der Waals surface area contributed by atoms with Crippen LogP contribution in [0.1, 0.15) is 30.2 Å². The van der Waals surface area contributed by atoms with E-state index in [-0.39, 0.29) is 0 Å². The average molecular weight is 279 g/mol. The Bertz CT molecular complexity index is 818. The van der Waals surface area contributed by atoms with E-state index < -0.39 is 0 Å². The predicted octanol–water partition coefficient (Wildman–Crippen LogP) is 4.12. The third kappa shape index (κ3) is 2.07. The fourth-order valence-electron chi connectivity index (χ4n) is 2.74. The molecule has 4 rings (SSSR count). The quantitative estimate of drug-likeness (QED) is 0.783. The molecular formula is C17H17N3O. The van der Waals surface area contributed by atoms with Crippen molar-refractivity contribution >= 4 is 16.8 Å². The van der Waals surface area contributed by atoms with Gasteiger partial charge in [-0.2, -0.15) is 0 Å². The van der Waals surface area contributed by atoms with Gasteiger partial charge in [-0.1, -0.05) is 18.2 Å². The Balaban J connectivity index is 1.95. The highest BCUT2D eigenvalue weighted by molar-refractivity contribution is 5.93. The van der Waals surface area contributed by atoms with E-state index in [4.69, 9.17) is 9.40 Å². The molecule has 106 valence electrons. The van der Waals surface area contributed by atoms with Gasteiger partial charge in [0.05, 0.1) is 5.56 Å². The fourth-order valence-corrected chi connectivity index (χ4v) is 2.74. The molecule has 3 aromatic rings. The van der Waals surface area contributed by atoms with Crippen LogP contribution in [0.3, 0.4) is 0 Å². The van der Waals surface area contributed by atoms with Crippen molar-refractivity contribution in [1.29, 1.82) is 0 Å². The van der Waals surface area contributed by atoms with Crippen LogP contribution in [-0.2, 0) is 0 Å². The van der Waals surface area contributed by atoms with Crippen molar-refractivity contribution in [2.24, 2.45) is 0 Å². The highest BCUT2D eigenvalue weighted by Crippen LogP contribution is 2.41. The number of aromatic nitrogens is 2. The zero-order valence-electron chi connectivity index (χ0n) is 12.2. The number of furan rings is 1. The van der Waals surface area contributed by atoms with Gasteiger partial charge >= 0.3 is 0 Å². The molecule has 0 unspecified atom stereocenters. The lowest BCUT2D eigenvalue weighted by Gasteiger charge is -2.07. The Kier molecular flexibility index (Phi) is 2.70. The number of benzene rings is 1. The summed E-state index contributed by atoms with van der Waals surface area (Å²) in [6.07, 6.45) is 2.45. The molecule has 0 amide bonds. The van der Waals surface area contributed by atoms with Crippen LogP contribution in [0.25, 0.3) is 22.4 Å². The Labute approximate surface area is 123 Å². The van der Waals surface area contributed by atoms with Crippen molar-refractivity contribution in [3.63, 3.8) is 0 Å². The van der Waals surface area contributed by atoms with Gasteiger partial charge in [-0.15, -0.1) is 0 Å². The van der Waals surface area contributed by atoms with Crippen molar-refractivity contribution in [1.82, 2.24) is 9.97 Å². The number of nitrogens with zero attached hydrogens (tertiary/aromatic N) is 2. The van der Waals surface area contributed by atoms with Gasteiger partial charge in [0.15, 0.2) is 5.82 Å². The summed E-state index contributed by atoms with van der Waals surface area (Å²) in [5, 5.41) is 4.21. The molecule has 0 spiro atoms. The van der Waals surface area contributed by atoms with Crippen LogP contribution in [0.4, 0.5) is 5.82 Å². The number of rotatable bonds is 3. The third-order valence-electron chi connectivity index (χ3n) is 3.99. The molecule has 4 nitrogen and oxygen atoms in total. The van der Waals surface area contributed by atoms with Crippen LogP contribution in [0.2, 0.25) is 0 Å². The summed E-state index contributed by atoms with van der Waals surface area (Å²) in [5.74, 6) is 3.08. The smallest absolute Gasteiger partial charge is 0.165 e. The fraction of sp³-hybridized carbons (Fsp3) is 0.294. The van der Waals surface area contributed by atoms with Gasteiger partial charge in [0, 0.05) is 30.1 Å². The van der Waals surface area contributed by atoms with Gasteiger partial charge in [-0.25, -0.2) is 9.97 Å². The molecule has 4 heteroatoms. The number of hydrogen-bond donors (Lipinski definition) is 1. The lowest BCUT2D eigenvalue weighted by Crippen LogP contribution is -2.00. The first kappa shape index (κ1) is 12.4. The first-order chi connectivity index (χ1) is 10.3. The molecule has 0 aliphatic heterocycles. The zero-order chi connectivity index (χ0) is 14.4. The summed E-state index contributed by atoms with van der Waals surface area (Å²) in [4.78, 5) is 9.42. The molecule has 1 fully saturated rings. The van der Waals surface area contributed by atoms with E-state index in [1.807, 2.05) is 32.2 Å². The Morgan fingerprint density at radius 2 is 2.00 bits per heavy atom. The molecule has 1 N–H and O–H groups in total. The molecule has 1 aliphatic rings. The topological polar surface area (TPSA) is 51.0 Å². The normalized spacial score (nSPS) is 14.6. The van der Waals surface area contributed by atoms with E-state index in [1.54, 1.807) is 0 Å². The second-order valence-corrected chi connectivity index (χ2v) is 5.56. The highest BCUT2D eigenvalue weighted by atomic mass is 16.3. The Morgan fingerprint density at radius 3 is 2.76 bits per heavy atom. The van der Waals surface area contributed by atoms with E-state index >= 15 is 0 Å². The van der Waals surface area contributed by atoms with Crippen LogP contribution >= 0.6 is 0 Å². The van der Waals surface area contributed by atoms with Gasteiger partial charge < -0.3 is 9.73 Å². The number of fused-ring (bicyclic) bond motifs is 1. The third-order valence-corrected chi connectivity index (χ3v) is 3.99. The van der Waals surface area contributed by atoms with Gasteiger partial charge in [0.1, 0.15) is 17.2 Å². The molecule has 1 aromatic carbocycles. The molecular weight excluding hydrogens is 262 g/mol. The van der Waals surface area contributed by atoms with Crippen LogP contribution in [0.15, 0.2) is 34.7 Å². The van der Waals surface area contributed by atoms with E-state index in [0.717, 1.165) is 39.6 Å². The van der Waals surface area contributed by atoms with E-state index in [1.165, 1.54) is 12.8 Å². The summed E-state index contributed by atoms with van der Waals surface area (Å²) in [5.41, 5.74) is 3.02. The molecule has 2 aromatic heterocycles. The Hall–Kier alpha value is -2.36. The van der Waals surface area contributed by atoms with Gasteiger partial charge in [0.25, 0.3) is 0 Å². The van der Waals surface area contributed by atoms with E-state index in [0.29, 0.717) is 5.92 Å². The molecule has 1 aliphatic carbocycles. The standard InChI is InChI=1S/C17H17N3O/c1-10-16(12-5-3-4-6-14(12)21-10)17-19-13(11-7-8-11)9-15(18-2)20-17/h3-6,9,11H,7-8H2,1-2H3,(H,18,19,20). The van der Waals surface area contributed by atoms with Gasteiger partial charge in [-0.05, 0) is 25.8 Å². The van der Waals surface area contributed by atoms with Crippen molar-refractivity contribution in [2.75, 3.05) is 12.4 Å². The maximum atomic E-state index is 5.84. The minimum atomic E-state index is 0.595. The van der Waals surface area contributed by atoms with Crippen LogP contribution < -0.4 is 5.32 Å². The molecule has 0 saturated heterocycles. The monoisotopic (exact) mass is 279 g/mol. The minimum Gasteiger partial charge on any atom is -0.461 e. The average Bonchev–Trinajstić information content (AvgIpc) is 3.29. The second-order valence-electron chi connectivity index (χ2n) is 5.56. The van der Waals surface area contributed by atoms with Crippen LogP contribution in [0.5, 0.6) is 0 Å². The van der Waals surface area contributed by atoms with Crippen LogP contribution in [-0.4, -0.2) is 17.0 Å². The number of anilines is 1. The molecule has 2 heterocycles. The predicted molar refractivity (Wildman–Crippen MR) is 83.5 cm³/mol. The molecule has 0 radical (unpaired) electrons. The van der Waals surface area contributed by atoms with Crippen molar-refractivity contribution in [3.8, 4) is 11.4 Å². The molecule has 1 saturated carbocycles. The van der Waals surface area contributed by atoms with Crippen molar-refractivity contribution in [2.45, 2.75) is 25.7 Å². The van der Waals surface area contributed by atoms with Crippen molar-refractivity contribution < 1.29 is 4.42 Å². The van der Waals surface area contributed by atoms with E-state index in [9.17, 15) is 0 Å². The number of hydrogen-bond acceptors (Lipinski definition) is 4. The first-order valence-electron chi connectivity index (χ1n) is 7.31. The van der Waals surface area contributed by atoms with E-state index in [2.05, 4.69) is 22.4 Å². The largest absolute Gasteiger partial charge is 0.461 e. The summed E-state index contributed by atoms with van der Waals surface area (Å²) >= 11 is 0. The maximum Gasteiger partial charge on any atom is 0.165 e. The van der Waals surface area contributed by atoms with Crippen molar-refractivity contribution in [3.05, 3.63) is 41.8 Å². The number of aryl methyl sites for hydroxylation is 1. The highest BCUT2D eigenvalue weighted by Gasteiger charge is 2.27. The van der Waals surface area contributed by atoms with Gasteiger partial charge in [0.2, 0.25) is 0 Å². The lowest BCUT2D eigenvalue weighted by atomic mass is 10.1. The first-order valence-corrected chi connectivity index (χ1v) is 7.31. The SMILES string of the molecule is CNc1cc(C2CC2)nc(-c2c(C)oc3ccccc23)n1. The molecule has 0 bridgehead atoms. The lowest BCUT2D eigenvalue weighted by molar-refractivity contribution is 0.579. The molecule has 0 atom stereocenters. The summed E-state index contributed by atoms with van der Waals surface area (Å²) in [6, 6.07) is 10.1. The zero-order valence-corrected chi connectivity index (χ0v) is 12.2. The van der Waals surface area contributed by atoms with Crippen LogP contribution in [0, 0.1) is 6.92 Å². The summed E-state index contributed by atoms with van der Waals surface area (Å²) in [7, 11) is 1.89.